The fourth-order valence-corrected chi connectivity index (χ4v) is 4.07. The normalized spacial score (nSPS) is 28.9. The second kappa shape index (κ2) is 7.05. The summed E-state index contributed by atoms with van der Waals surface area (Å²) in [6, 6.07) is 0. The lowest BCUT2D eigenvalue weighted by Gasteiger charge is -2.47. The first-order valence-electron chi connectivity index (χ1n) is 8.41. The van der Waals surface area contributed by atoms with E-state index in [9.17, 15) is 0 Å². The molecule has 0 bridgehead atoms. The molecule has 2 rings (SSSR count). The third-order valence-electron chi connectivity index (χ3n) is 5.36. The molecule has 1 unspecified atom stereocenters. The van der Waals surface area contributed by atoms with Crippen molar-refractivity contribution in [3.63, 3.8) is 0 Å². The Morgan fingerprint density at radius 1 is 1.11 bits per heavy atom. The number of piperidine rings is 1. The van der Waals surface area contributed by atoms with Crippen molar-refractivity contribution in [3.05, 3.63) is 0 Å². The lowest BCUT2D eigenvalue weighted by molar-refractivity contribution is 0.0408. The number of hydrogen-bond acceptors (Lipinski definition) is 3. The number of nitrogens with two attached hydrogens (primary N) is 1. The van der Waals surface area contributed by atoms with Crippen LogP contribution in [0.4, 0.5) is 0 Å². The van der Waals surface area contributed by atoms with Crippen molar-refractivity contribution in [2.24, 2.45) is 11.7 Å². The average molecular weight is 267 g/mol. The summed E-state index contributed by atoms with van der Waals surface area (Å²) in [7, 11) is 0. The monoisotopic (exact) mass is 267 g/mol. The molecule has 0 amide bonds. The highest BCUT2D eigenvalue weighted by Gasteiger charge is 2.41. The van der Waals surface area contributed by atoms with Crippen LogP contribution < -0.4 is 5.73 Å². The maximum absolute atomic E-state index is 6.20. The Kier molecular flexibility index (Phi) is 5.67. The Morgan fingerprint density at radius 3 is 2.42 bits per heavy atom. The zero-order valence-electron chi connectivity index (χ0n) is 13.0. The van der Waals surface area contributed by atoms with Crippen LogP contribution in [0.3, 0.4) is 0 Å². The standard InChI is InChI=1S/C16H33N3/c1-3-5-15-6-10-19(13-15)16(14-17)7-11-18(9-4-2)12-8-16/h15H,3-14,17H2,1-2H3. The molecule has 0 radical (unpaired) electrons. The van der Waals surface area contributed by atoms with Crippen molar-refractivity contribution in [1.82, 2.24) is 9.80 Å². The van der Waals surface area contributed by atoms with E-state index >= 15 is 0 Å². The first-order chi connectivity index (χ1) is 9.24. The Balaban J connectivity index is 1.89. The van der Waals surface area contributed by atoms with Crippen LogP contribution in [0.5, 0.6) is 0 Å². The van der Waals surface area contributed by atoms with Crippen molar-refractivity contribution in [2.75, 3.05) is 39.3 Å². The molecule has 2 N–H and O–H groups in total. The van der Waals surface area contributed by atoms with Crippen molar-refractivity contribution >= 4 is 0 Å². The van der Waals surface area contributed by atoms with E-state index in [0.717, 1.165) is 12.5 Å². The second-order valence-corrected chi connectivity index (χ2v) is 6.66. The van der Waals surface area contributed by atoms with Crippen LogP contribution in [0.1, 0.15) is 52.4 Å². The van der Waals surface area contributed by atoms with Gasteiger partial charge in [-0.1, -0.05) is 20.3 Å². The minimum Gasteiger partial charge on any atom is -0.329 e. The zero-order valence-corrected chi connectivity index (χ0v) is 13.0. The smallest absolute Gasteiger partial charge is 0.0356 e. The zero-order chi connectivity index (χ0) is 13.7. The predicted octanol–water partition coefficient (Wildman–Crippen LogP) is 2.31. The van der Waals surface area contributed by atoms with Crippen LogP contribution in [0, 0.1) is 5.92 Å². The minimum absolute atomic E-state index is 0.326. The van der Waals surface area contributed by atoms with Crippen LogP contribution >= 0.6 is 0 Å². The van der Waals surface area contributed by atoms with E-state index in [-0.39, 0.29) is 0 Å². The largest absolute Gasteiger partial charge is 0.329 e. The Bertz CT molecular complexity index is 259. The topological polar surface area (TPSA) is 32.5 Å². The number of hydrogen-bond donors (Lipinski definition) is 1. The van der Waals surface area contributed by atoms with Gasteiger partial charge in [-0.25, -0.2) is 0 Å². The molecule has 0 aromatic rings. The summed E-state index contributed by atoms with van der Waals surface area (Å²) in [5.41, 5.74) is 6.52. The van der Waals surface area contributed by atoms with E-state index in [0.29, 0.717) is 5.54 Å². The van der Waals surface area contributed by atoms with Crippen LogP contribution in [-0.2, 0) is 0 Å². The van der Waals surface area contributed by atoms with Crippen molar-refractivity contribution < 1.29 is 0 Å². The maximum Gasteiger partial charge on any atom is 0.0356 e. The SMILES string of the molecule is CCCC1CCN(C2(CN)CCN(CCC)CC2)C1. The quantitative estimate of drug-likeness (QED) is 0.801. The van der Waals surface area contributed by atoms with Gasteiger partial charge in [0.25, 0.3) is 0 Å². The van der Waals surface area contributed by atoms with Gasteiger partial charge in [-0.3, -0.25) is 4.90 Å². The molecule has 3 nitrogen and oxygen atoms in total. The molecule has 0 aromatic carbocycles. The van der Waals surface area contributed by atoms with E-state index in [1.54, 1.807) is 0 Å². The molecule has 2 heterocycles. The summed E-state index contributed by atoms with van der Waals surface area (Å²) in [4.78, 5) is 5.37. The van der Waals surface area contributed by atoms with Gasteiger partial charge >= 0.3 is 0 Å². The Morgan fingerprint density at radius 2 is 1.84 bits per heavy atom. The van der Waals surface area contributed by atoms with Gasteiger partial charge in [0, 0.05) is 18.6 Å². The molecule has 19 heavy (non-hydrogen) atoms. The van der Waals surface area contributed by atoms with Gasteiger partial charge in [0.2, 0.25) is 0 Å². The Labute approximate surface area is 119 Å². The van der Waals surface area contributed by atoms with E-state index in [1.165, 1.54) is 71.2 Å². The predicted molar refractivity (Wildman–Crippen MR) is 82.3 cm³/mol. The first-order valence-corrected chi connectivity index (χ1v) is 8.41. The molecule has 0 aromatic heterocycles. The number of rotatable bonds is 6. The summed E-state index contributed by atoms with van der Waals surface area (Å²) in [6.45, 7) is 11.8. The molecule has 2 saturated heterocycles. The summed E-state index contributed by atoms with van der Waals surface area (Å²) in [5.74, 6) is 0.932. The third kappa shape index (κ3) is 3.50. The van der Waals surface area contributed by atoms with Gasteiger partial charge < -0.3 is 10.6 Å². The molecule has 1 atom stereocenters. The molecule has 0 aliphatic carbocycles. The van der Waals surface area contributed by atoms with Gasteiger partial charge in [-0.2, -0.15) is 0 Å². The minimum atomic E-state index is 0.326. The second-order valence-electron chi connectivity index (χ2n) is 6.66. The summed E-state index contributed by atoms with van der Waals surface area (Å²) in [6.07, 6.45) is 7.97. The summed E-state index contributed by atoms with van der Waals surface area (Å²) >= 11 is 0. The highest BCUT2D eigenvalue weighted by atomic mass is 15.3. The summed E-state index contributed by atoms with van der Waals surface area (Å²) < 4.78 is 0. The highest BCUT2D eigenvalue weighted by molar-refractivity contribution is 4.99. The summed E-state index contributed by atoms with van der Waals surface area (Å²) in [5, 5.41) is 0. The van der Waals surface area contributed by atoms with Gasteiger partial charge in [0.05, 0.1) is 0 Å². The highest BCUT2D eigenvalue weighted by Crippen LogP contribution is 2.34. The van der Waals surface area contributed by atoms with Gasteiger partial charge in [-0.15, -0.1) is 0 Å². The molecule has 0 saturated carbocycles. The molecule has 112 valence electrons. The molecule has 0 spiro atoms. The van der Waals surface area contributed by atoms with Crippen molar-refractivity contribution in [1.29, 1.82) is 0 Å². The van der Waals surface area contributed by atoms with Crippen LogP contribution in [-0.4, -0.2) is 54.6 Å². The average Bonchev–Trinajstić information content (AvgIpc) is 2.90. The number of nitrogens with zero attached hydrogens (tertiary/aromatic N) is 2. The fraction of sp³-hybridized carbons (Fsp3) is 1.00. The maximum atomic E-state index is 6.20. The molecule has 3 heteroatoms. The lowest BCUT2D eigenvalue weighted by Crippen LogP contribution is -2.58. The number of likely N-dealkylation sites (tertiary alicyclic amines) is 2. The van der Waals surface area contributed by atoms with Crippen molar-refractivity contribution in [2.45, 2.75) is 57.9 Å². The van der Waals surface area contributed by atoms with E-state index in [4.69, 9.17) is 5.73 Å². The molecule has 2 fully saturated rings. The van der Waals surface area contributed by atoms with Crippen LogP contribution in [0.25, 0.3) is 0 Å². The lowest BCUT2D eigenvalue weighted by atomic mass is 9.85. The van der Waals surface area contributed by atoms with E-state index < -0.39 is 0 Å². The fourth-order valence-electron chi connectivity index (χ4n) is 4.07. The molecular weight excluding hydrogens is 234 g/mol. The van der Waals surface area contributed by atoms with Gasteiger partial charge in [-0.05, 0) is 64.2 Å². The van der Waals surface area contributed by atoms with Gasteiger partial charge in [0.15, 0.2) is 0 Å². The van der Waals surface area contributed by atoms with Crippen LogP contribution in [0.15, 0.2) is 0 Å². The third-order valence-corrected chi connectivity index (χ3v) is 5.36. The van der Waals surface area contributed by atoms with Crippen molar-refractivity contribution in [3.8, 4) is 0 Å². The van der Waals surface area contributed by atoms with E-state index in [2.05, 4.69) is 23.6 Å². The molecule has 2 aliphatic heterocycles. The van der Waals surface area contributed by atoms with E-state index in [1.807, 2.05) is 0 Å². The molecule has 2 aliphatic rings. The van der Waals surface area contributed by atoms with Crippen LogP contribution in [0.2, 0.25) is 0 Å². The molecular formula is C16H33N3. The first kappa shape index (κ1) is 15.3. The van der Waals surface area contributed by atoms with Gasteiger partial charge in [0.1, 0.15) is 0 Å². The Hall–Kier alpha value is -0.120.